The SMILES string of the molecule is O=C(NC[C@@H]1CCCO1)c1ccc(SCCN2CCCCC2)nc1. The van der Waals surface area contributed by atoms with Crippen molar-refractivity contribution in [2.45, 2.75) is 43.2 Å². The quantitative estimate of drug-likeness (QED) is 0.767. The Kier molecular flexibility index (Phi) is 6.93. The zero-order chi connectivity index (χ0) is 16.6. The second-order valence-electron chi connectivity index (χ2n) is 6.48. The molecule has 132 valence electrons. The average molecular weight is 350 g/mol. The maximum absolute atomic E-state index is 12.1. The molecule has 1 N–H and O–H groups in total. The number of thioether (sulfide) groups is 1. The molecule has 3 heterocycles. The van der Waals surface area contributed by atoms with Crippen LogP contribution in [0, 0.1) is 0 Å². The number of amides is 1. The first-order chi connectivity index (χ1) is 11.8. The third-order valence-corrected chi connectivity index (χ3v) is 5.54. The molecule has 1 aromatic heterocycles. The number of nitrogens with zero attached hydrogens (tertiary/aromatic N) is 2. The molecule has 3 rings (SSSR count). The summed E-state index contributed by atoms with van der Waals surface area (Å²) in [5, 5.41) is 3.92. The molecule has 2 aliphatic rings. The number of carbonyl (C=O) groups is 1. The molecule has 0 radical (unpaired) electrons. The highest BCUT2D eigenvalue weighted by atomic mass is 32.2. The monoisotopic (exact) mass is 349 g/mol. The Hall–Kier alpha value is -1.11. The zero-order valence-electron chi connectivity index (χ0n) is 14.2. The highest BCUT2D eigenvalue weighted by Gasteiger charge is 2.16. The summed E-state index contributed by atoms with van der Waals surface area (Å²) in [6.07, 6.45) is 8.01. The van der Waals surface area contributed by atoms with Crippen LogP contribution in [-0.2, 0) is 4.74 Å². The molecule has 1 aromatic rings. The van der Waals surface area contributed by atoms with Gasteiger partial charge >= 0.3 is 0 Å². The van der Waals surface area contributed by atoms with Crippen LogP contribution in [0.4, 0.5) is 0 Å². The lowest BCUT2D eigenvalue weighted by Crippen LogP contribution is -2.31. The van der Waals surface area contributed by atoms with Crippen LogP contribution in [0.25, 0.3) is 0 Å². The summed E-state index contributed by atoms with van der Waals surface area (Å²) in [7, 11) is 0. The fourth-order valence-electron chi connectivity index (χ4n) is 3.18. The summed E-state index contributed by atoms with van der Waals surface area (Å²) in [6, 6.07) is 3.81. The molecule has 0 spiro atoms. The number of aromatic nitrogens is 1. The number of rotatable bonds is 7. The number of nitrogens with one attached hydrogen (secondary N) is 1. The molecule has 2 saturated heterocycles. The zero-order valence-corrected chi connectivity index (χ0v) is 15.0. The fourth-order valence-corrected chi connectivity index (χ4v) is 4.03. The van der Waals surface area contributed by atoms with E-state index < -0.39 is 0 Å². The highest BCUT2D eigenvalue weighted by molar-refractivity contribution is 7.99. The van der Waals surface area contributed by atoms with Gasteiger partial charge in [-0.25, -0.2) is 4.98 Å². The van der Waals surface area contributed by atoms with Gasteiger partial charge in [0.15, 0.2) is 0 Å². The summed E-state index contributed by atoms with van der Waals surface area (Å²) < 4.78 is 5.51. The third kappa shape index (κ3) is 5.46. The van der Waals surface area contributed by atoms with E-state index in [0.29, 0.717) is 12.1 Å². The molecule has 24 heavy (non-hydrogen) atoms. The van der Waals surface area contributed by atoms with Crippen molar-refractivity contribution in [1.82, 2.24) is 15.2 Å². The predicted molar refractivity (Wildman–Crippen MR) is 96.6 cm³/mol. The van der Waals surface area contributed by atoms with Crippen LogP contribution in [0.5, 0.6) is 0 Å². The molecule has 5 nitrogen and oxygen atoms in total. The third-order valence-electron chi connectivity index (χ3n) is 4.62. The van der Waals surface area contributed by atoms with E-state index in [1.54, 1.807) is 18.0 Å². The summed E-state index contributed by atoms with van der Waals surface area (Å²) in [5.74, 6) is 0.986. The molecule has 0 aliphatic carbocycles. The van der Waals surface area contributed by atoms with Gasteiger partial charge in [-0.15, -0.1) is 11.8 Å². The second-order valence-corrected chi connectivity index (χ2v) is 7.60. The Morgan fingerprint density at radius 2 is 2.17 bits per heavy atom. The van der Waals surface area contributed by atoms with E-state index >= 15 is 0 Å². The van der Waals surface area contributed by atoms with Gasteiger partial charge in [-0.05, 0) is 50.9 Å². The van der Waals surface area contributed by atoms with Crippen LogP contribution in [0.2, 0.25) is 0 Å². The summed E-state index contributed by atoms with van der Waals surface area (Å²) in [5.41, 5.74) is 0.619. The molecule has 1 amide bonds. The van der Waals surface area contributed by atoms with Gasteiger partial charge in [0.1, 0.15) is 0 Å². The molecule has 0 unspecified atom stereocenters. The largest absolute Gasteiger partial charge is 0.376 e. The van der Waals surface area contributed by atoms with Crippen LogP contribution in [0.1, 0.15) is 42.5 Å². The summed E-state index contributed by atoms with van der Waals surface area (Å²) in [6.45, 7) is 4.99. The van der Waals surface area contributed by atoms with Crippen LogP contribution < -0.4 is 5.32 Å². The van der Waals surface area contributed by atoms with Crippen LogP contribution in [0.15, 0.2) is 23.4 Å². The van der Waals surface area contributed by atoms with Gasteiger partial charge in [-0.3, -0.25) is 4.79 Å². The number of hydrogen-bond donors (Lipinski definition) is 1. The topological polar surface area (TPSA) is 54.5 Å². The minimum atomic E-state index is -0.0668. The van der Waals surface area contributed by atoms with Gasteiger partial charge in [-0.2, -0.15) is 0 Å². The second kappa shape index (κ2) is 9.39. The first-order valence-electron chi connectivity index (χ1n) is 9.02. The van der Waals surface area contributed by atoms with E-state index in [0.717, 1.165) is 36.8 Å². The van der Waals surface area contributed by atoms with Crippen molar-refractivity contribution in [2.24, 2.45) is 0 Å². The molecule has 2 fully saturated rings. The van der Waals surface area contributed by atoms with E-state index in [2.05, 4.69) is 15.2 Å². The molecule has 0 bridgehead atoms. The fraction of sp³-hybridized carbons (Fsp3) is 0.667. The van der Waals surface area contributed by atoms with E-state index in [-0.39, 0.29) is 12.0 Å². The van der Waals surface area contributed by atoms with Gasteiger partial charge < -0.3 is 15.0 Å². The molecule has 0 saturated carbocycles. The van der Waals surface area contributed by atoms with Crippen molar-refractivity contribution in [1.29, 1.82) is 0 Å². The number of ether oxygens (including phenoxy) is 1. The van der Waals surface area contributed by atoms with Crippen molar-refractivity contribution in [3.63, 3.8) is 0 Å². The van der Waals surface area contributed by atoms with Crippen molar-refractivity contribution in [3.05, 3.63) is 23.9 Å². The van der Waals surface area contributed by atoms with Gasteiger partial charge in [0.05, 0.1) is 16.7 Å². The van der Waals surface area contributed by atoms with E-state index in [1.165, 1.54) is 32.4 Å². The standard InChI is InChI=1S/C18H27N3O2S/c22-18(20-14-16-5-4-11-23-16)15-6-7-17(19-13-15)24-12-10-21-8-2-1-3-9-21/h6-7,13,16H,1-5,8-12,14H2,(H,20,22)/t16-/m0/s1. The minimum Gasteiger partial charge on any atom is -0.376 e. The molecule has 2 aliphatic heterocycles. The Labute approximate surface area is 148 Å². The molecular formula is C18H27N3O2S. The summed E-state index contributed by atoms with van der Waals surface area (Å²) in [4.78, 5) is 19.1. The van der Waals surface area contributed by atoms with Gasteiger partial charge in [0, 0.05) is 31.6 Å². The highest BCUT2D eigenvalue weighted by Crippen LogP contribution is 2.17. The van der Waals surface area contributed by atoms with Crippen molar-refractivity contribution < 1.29 is 9.53 Å². The van der Waals surface area contributed by atoms with E-state index in [4.69, 9.17) is 4.74 Å². The van der Waals surface area contributed by atoms with Crippen LogP contribution in [0.3, 0.4) is 0 Å². The molecule has 0 aromatic carbocycles. The molecule has 1 atom stereocenters. The first-order valence-corrected chi connectivity index (χ1v) is 10.0. The van der Waals surface area contributed by atoms with Crippen LogP contribution in [-0.4, -0.2) is 60.4 Å². The lowest BCUT2D eigenvalue weighted by Gasteiger charge is -2.25. The minimum absolute atomic E-state index is 0.0668. The average Bonchev–Trinajstić information content (AvgIpc) is 3.15. The number of likely N-dealkylation sites (tertiary alicyclic amines) is 1. The Morgan fingerprint density at radius 1 is 1.29 bits per heavy atom. The summed E-state index contributed by atoms with van der Waals surface area (Å²) >= 11 is 1.76. The Balaban J connectivity index is 1.38. The van der Waals surface area contributed by atoms with Gasteiger partial charge in [-0.1, -0.05) is 6.42 Å². The maximum atomic E-state index is 12.1. The number of piperidine rings is 1. The smallest absolute Gasteiger partial charge is 0.252 e. The number of hydrogen-bond acceptors (Lipinski definition) is 5. The molecule has 6 heteroatoms. The Bertz CT molecular complexity index is 512. The molecular weight excluding hydrogens is 322 g/mol. The normalized spacial score (nSPS) is 21.8. The van der Waals surface area contributed by atoms with Gasteiger partial charge in [0.25, 0.3) is 5.91 Å². The maximum Gasteiger partial charge on any atom is 0.252 e. The number of carbonyl (C=O) groups excluding carboxylic acids is 1. The van der Waals surface area contributed by atoms with E-state index in [9.17, 15) is 4.79 Å². The Morgan fingerprint density at radius 3 is 2.88 bits per heavy atom. The first kappa shape index (κ1) is 17.7. The lowest BCUT2D eigenvalue weighted by atomic mass is 10.1. The lowest BCUT2D eigenvalue weighted by molar-refractivity contribution is 0.0857. The van der Waals surface area contributed by atoms with Crippen molar-refractivity contribution in [2.75, 3.05) is 38.5 Å². The van der Waals surface area contributed by atoms with Gasteiger partial charge in [0.2, 0.25) is 0 Å². The predicted octanol–water partition coefficient (Wildman–Crippen LogP) is 2.57. The van der Waals surface area contributed by atoms with Crippen molar-refractivity contribution >= 4 is 17.7 Å². The van der Waals surface area contributed by atoms with Crippen LogP contribution >= 0.6 is 11.8 Å². The number of pyridine rings is 1. The van der Waals surface area contributed by atoms with E-state index in [1.807, 2.05) is 12.1 Å². The van der Waals surface area contributed by atoms with Crippen molar-refractivity contribution in [3.8, 4) is 0 Å².